The van der Waals surface area contributed by atoms with Gasteiger partial charge in [-0.25, -0.2) is 0 Å². The summed E-state index contributed by atoms with van der Waals surface area (Å²) >= 11 is 0. The number of benzene rings is 2. The highest BCUT2D eigenvalue weighted by atomic mass is 16.4. The van der Waals surface area contributed by atoms with Gasteiger partial charge in [-0.2, -0.15) is 0 Å². The summed E-state index contributed by atoms with van der Waals surface area (Å²) in [4.78, 5) is 13.9. The largest absolute Gasteiger partial charge is 0.480 e. The fourth-order valence-electron chi connectivity index (χ4n) is 3.20. The van der Waals surface area contributed by atoms with Gasteiger partial charge in [-0.1, -0.05) is 54.6 Å². The maximum absolute atomic E-state index is 12.0. The molecule has 0 heterocycles. The average Bonchev–Trinajstić information content (AvgIpc) is 2.55. The van der Waals surface area contributed by atoms with E-state index >= 15 is 0 Å². The lowest BCUT2D eigenvalue weighted by molar-refractivity contribution is -0.138. The number of likely N-dealkylation sites (N-methyl/N-ethyl adjacent to an activating group) is 1. The van der Waals surface area contributed by atoms with Crippen molar-refractivity contribution in [2.24, 2.45) is 11.7 Å². The summed E-state index contributed by atoms with van der Waals surface area (Å²) in [6, 6.07) is 17.4. The van der Waals surface area contributed by atoms with Gasteiger partial charge in [0.2, 0.25) is 0 Å². The van der Waals surface area contributed by atoms with Crippen molar-refractivity contribution in [3.8, 4) is 0 Å². The van der Waals surface area contributed by atoms with Crippen LogP contribution < -0.4 is 16.2 Å². The first-order valence-electron chi connectivity index (χ1n) is 7.77. The molecular formula is C20H20N2O2. The summed E-state index contributed by atoms with van der Waals surface area (Å²) in [5.74, 6) is -1.80. The zero-order chi connectivity index (χ0) is 17.3. The third-order valence-electron chi connectivity index (χ3n) is 4.20. The van der Waals surface area contributed by atoms with E-state index in [0.29, 0.717) is 11.3 Å². The zero-order valence-corrected chi connectivity index (χ0v) is 13.7. The van der Waals surface area contributed by atoms with E-state index in [1.807, 2.05) is 79.7 Å². The molecule has 2 aromatic rings. The van der Waals surface area contributed by atoms with Gasteiger partial charge in [0, 0.05) is 35.9 Å². The van der Waals surface area contributed by atoms with Crippen LogP contribution in [0.15, 0.2) is 60.2 Å². The molecule has 3 rings (SSSR count). The molecule has 0 fully saturated rings. The summed E-state index contributed by atoms with van der Waals surface area (Å²) < 4.78 is 0. The number of fused-ring (bicyclic) bond motifs is 1. The molecule has 0 saturated carbocycles. The first kappa shape index (κ1) is 15.9. The summed E-state index contributed by atoms with van der Waals surface area (Å²) in [6.07, 6.45) is 1.91. The molecular weight excluding hydrogens is 300 g/mol. The second kappa shape index (κ2) is 6.24. The Morgan fingerprint density at radius 3 is 2.21 bits per heavy atom. The number of carbonyl (C=O) groups is 1. The van der Waals surface area contributed by atoms with Crippen molar-refractivity contribution in [1.82, 2.24) is 4.90 Å². The first-order valence-corrected chi connectivity index (χ1v) is 7.77. The Balaban J connectivity index is 2.40. The van der Waals surface area contributed by atoms with E-state index in [9.17, 15) is 9.90 Å². The predicted molar refractivity (Wildman–Crippen MR) is 95.9 cm³/mol. The van der Waals surface area contributed by atoms with Crippen LogP contribution in [-0.4, -0.2) is 30.1 Å². The van der Waals surface area contributed by atoms with Crippen molar-refractivity contribution in [3.63, 3.8) is 0 Å². The van der Waals surface area contributed by atoms with Gasteiger partial charge in [-0.15, -0.1) is 0 Å². The maximum Gasteiger partial charge on any atom is 0.317 e. The van der Waals surface area contributed by atoms with Gasteiger partial charge in [0.1, 0.15) is 5.92 Å². The Morgan fingerprint density at radius 2 is 1.62 bits per heavy atom. The molecule has 0 saturated heterocycles. The topological polar surface area (TPSA) is 66.6 Å². The number of rotatable bonds is 3. The molecule has 0 amide bonds. The number of nitrogens with two attached hydrogens (primary N) is 1. The molecule has 1 aliphatic rings. The monoisotopic (exact) mass is 320 g/mol. The third-order valence-corrected chi connectivity index (χ3v) is 4.20. The third kappa shape index (κ3) is 2.67. The Morgan fingerprint density at radius 1 is 1.04 bits per heavy atom. The number of carboxylic acid groups (broad SMARTS) is 1. The lowest BCUT2D eigenvalue weighted by Crippen LogP contribution is -2.44. The van der Waals surface area contributed by atoms with Gasteiger partial charge >= 0.3 is 5.97 Å². The van der Waals surface area contributed by atoms with E-state index in [0.717, 1.165) is 21.7 Å². The van der Waals surface area contributed by atoms with Crippen molar-refractivity contribution in [2.75, 3.05) is 14.1 Å². The van der Waals surface area contributed by atoms with Gasteiger partial charge < -0.3 is 15.7 Å². The van der Waals surface area contributed by atoms with E-state index in [1.54, 1.807) is 0 Å². The molecule has 1 atom stereocenters. The van der Waals surface area contributed by atoms with Crippen LogP contribution in [0.3, 0.4) is 0 Å². The van der Waals surface area contributed by atoms with Crippen LogP contribution in [0.5, 0.6) is 0 Å². The minimum atomic E-state index is -0.941. The highest BCUT2D eigenvalue weighted by molar-refractivity contribution is 5.94. The first-order chi connectivity index (χ1) is 11.5. The van der Waals surface area contributed by atoms with Crippen molar-refractivity contribution in [1.29, 1.82) is 0 Å². The Kier molecular flexibility index (Phi) is 4.13. The number of hydrogen-bond acceptors (Lipinski definition) is 3. The normalized spacial score (nSPS) is 18.4. The van der Waals surface area contributed by atoms with Crippen LogP contribution in [0.2, 0.25) is 0 Å². The highest BCUT2D eigenvalue weighted by Gasteiger charge is 2.32. The minimum absolute atomic E-state index is 0.380. The van der Waals surface area contributed by atoms with E-state index in [4.69, 9.17) is 5.73 Å². The predicted octanol–water partition coefficient (Wildman–Crippen LogP) is 1.22. The molecule has 0 aliphatic heterocycles. The van der Waals surface area contributed by atoms with E-state index in [1.165, 1.54) is 0 Å². The molecule has 0 bridgehead atoms. The van der Waals surface area contributed by atoms with Crippen molar-refractivity contribution in [3.05, 3.63) is 76.2 Å². The van der Waals surface area contributed by atoms with E-state index in [2.05, 4.69) is 0 Å². The molecule has 122 valence electrons. The van der Waals surface area contributed by atoms with E-state index in [-0.39, 0.29) is 0 Å². The lowest BCUT2D eigenvalue weighted by Gasteiger charge is -2.29. The average molecular weight is 320 g/mol. The summed E-state index contributed by atoms with van der Waals surface area (Å²) in [7, 11) is 3.84. The van der Waals surface area contributed by atoms with Crippen molar-refractivity contribution >= 4 is 23.4 Å². The van der Waals surface area contributed by atoms with Gasteiger partial charge in [0.05, 0.1) is 0 Å². The Labute approximate surface area is 140 Å². The van der Waals surface area contributed by atoms with Crippen LogP contribution in [0.1, 0.15) is 5.56 Å². The van der Waals surface area contributed by atoms with Crippen molar-refractivity contribution < 1.29 is 9.90 Å². The molecule has 3 N–H and O–H groups in total. The number of aliphatic carboxylic acids is 1. The lowest BCUT2D eigenvalue weighted by atomic mass is 9.85. The molecule has 2 aromatic carbocycles. The SMILES string of the molecule is CN(C)C1=c2ccccc2=C(N)C(C(=O)O)C1=Cc1ccccc1. The smallest absolute Gasteiger partial charge is 0.317 e. The molecule has 0 aromatic heterocycles. The number of nitrogens with zero attached hydrogens (tertiary/aromatic N) is 1. The summed E-state index contributed by atoms with van der Waals surface area (Å²) in [5.41, 5.74) is 9.18. The number of hydrogen-bond donors (Lipinski definition) is 2. The quantitative estimate of drug-likeness (QED) is 0.892. The van der Waals surface area contributed by atoms with Crippen LogP contribution in [-0.2, 0) is 4.79 Å². The van der Waals surface area contributed by atoms with Gasteiger partial charge in [-0.3, -0.25) is 4.79 Å². The zero-order valence-electron chi connectivity index (χ0n) is 13.7. The van der Waals surface area contributed by atoms with Crippen LogP contribution >= 0.6 is 0 Å². The minimum Gasteiger partial charge on any atom is -0.480 e. The maximum atomic E-state index is 12.0. The van der Waals surface area contributed by atoms with Crippen LogP contribution in [0.25, 0.3) is 17.5 Å². The van der Waals surface area contributed by atoms with Gasteiger partial charge in [0.15, 0.2) is 0 Å². The number of carboxylic acids is 1. The summed E-state index contributed by atoms with van der Waals surface area (Å²) in [6.45, 7) is 0. The van der Waals surface area contributed by atoms with Crippen LogP contribution in [0.4, 0.5) is 0 Å². The molecule has 0 spiro atoms. The Hall–Kier alpha value is -3.01. The standard InChI is InChI=1S/C20H20N2O2/c1-22(2)19-15-11-7-6-10-14(15)18(21)17(20(23)24)16(19)12-13-8-4-3-5-9-13/h3-12,17H,21H2,1-2H3,(H,23,24). The summed E-state index contributed by atoms with van der Waals surface area (Å²) in [5, 5.41) is 11.6. The second-order valence-electron chi connectivity index (χ2n) is 6.03. The molecule has 4 heteroatoms. The molecule has 24 heavy (non-hydrogen) atoms. The highest BCUT2D eigenvalue weighted by Crippen LogP contribution is 2.30. The molecule has 4 nitrogen and oxygen atoms in total. The van der Waals surface area contributed by atoms with E-state index < -0.39 is 11.9 Å². The molecule has 1 aliphatic carbocycles. The fourth-order valence-corrected chi connectivity index (χ4v) is 3.20. The van der Waals surface area contributed by atoms with Gasteiger partial charge in [0.25, 0.3) is 0 Å². The van der Waals surface area contributed by atoms with Gasteiger partial charge in [-0.05, 0) is 17.2 Å². The second-order valence-corrected chi connectivity index (χ2v) is 6.03. The Bertz CT molecular complexity index is 928. The molecule has 1 unspecified atom stereocenters. The van der Waals surface area contributed by atoms with Crippen LogP contribution in [0, 0.1) is 5.92 Å². The van der Waals surface area contributed by atoms with Crippen molar-refractivity contribution in [2.45, 2.75) is 0 Å². The fraction of sp³-hybridized carbons (Fsp3) is 0.150. The molecule has 0 radical (unpaired) electrons.